The second kappa shape index (κ2) is 12.5. The van der Waals surface area contributed by atoms with E-state index in [1.165, 1.54) is 28.0 Å². The minimum atomic E-state index is 0.705. The zero-order valence-corrected chi connectivity index (χ0v) is 24.8. The van der Waals surface area contributed by atoms with Crippen molar-refractivity contribution in [3.63, 3.8) is 0 Å². The molecule has 0 aliphatic heterocycles. The normalized spacial score (nSPS) is 18.6. The summed E-state index contributed by atoms with van der Waals surface area (Å²) in [4.78, 5) is 0. The second-order valence-corrected chi connectivity index (χ2v) is 10.6. The monoisotopic (exact) mass is 545 g/mol. The minimum absolute atomic E-state index is 0.705. The average molecular weight is 546 g/mol. The second-order valence-electron chi connectivity index (χ2n) is 10.6. The first-order valence-electron chi connectivity index (χ1n) is 15.0. The summed E-state index contributed by atoms with van der Waals surface area (Å²) >= 11 is 0. The SMILES string of the molecule is CCC1=CCCC(CC)=C1N/C1=C(\NN)c2ccccc2/C(Nc2c(CC)cccc2CC)=C(/N)c2ccccc21. The summed E-state index contributed by atoms with van der Waals surface area (Å²) in [5.41, 5.74) is 25.3. The lowest BCUT2D eigenvalue weighted by molar-refractivity contribution is 0.812. The van der Waals surface area contributed by atoms with E-state index in [1.54, 1.807) is 0 Å². The van der Waals surface area contributed by atoms with E-state index in [9.17, 15) is 0 Å². The van der Waals surface area contributed by atoms with Crippen LogP contribution in [0.2, 0.25) is 0 Å². The van der Waals surface area contributed by atoms with Crippen LogP contribution in [0, 0.1) is 0 Å². The highest BCUT2D eigenvalue weighted by molar-refractivity contribution is 6.05. The first-order chi connectivity index (χ1) is 20.1. The molecule has 0 bridgehead atoms. The summed E-state index contributed by atoms with van der Waals surface area (Å²) in [6, 6.07) is 23.2. The Kier molecular flexibility index (Phi) is 8.65. The van der Waals surface area contributed by atoms with Crippen LogP contribution in [0.25, 0.3) is 22.8 Å². The zero-order chi connectivity index (χ0) is 28.9. The fourth-order valence-electron chi connectivity index (χ4n) is 6.19. The van der Waals surface area contributed by atoms with Gasteiger partial charge in [0.2, 0.25) is 0 Å². The van der Waals surface area contributed by atoms with Gasteiger partial charge in [-0.25, -0.2) is 0 Å². The molecule has 41 heavy (non-hydrogen) atoms. The van der Waals surface area contributed by atoms with Crippen LogP contribution < -0.4 is 27.6 Å². The number of para-hydroxylation sites is 1. The van der Waals surface area contributed by atoms with Crippen LogP contribution in [-0.4, -0.2) is 0 Å². The molecular weight excluding hydrogens is 502 g/mol. The van der Waals surface area contributed by atoms with Gasteiger partial charge in [0.05, 0.1) is 22.8 Å². The minimum Gasteiger partial charge on any atom is -0.397 e. The molecule has 0 amide bonds. The van der Waals surface area contributed by atoms with Gasteiger partial charge in [0.15, 0.2) is 0 Å². The van der Waals surface area contributed by atoms with Gasteiger partial charge in [-0.05, 0) is 60.8 Å². The van der Waals surface area contributed by atoms with E-state index >= 15 is 0 Å². The molecule has 0 heterocycles. The van der Waals surface area contributed by atoms with E-state index < -0.39 is 0 Å². The van der Waals surface area contributed by atoms with Crippen molar-refractivity contribution in [3.05, 3.63) is 123 Å². The lowest BCUT2D eigenvalue weighted by Gasteiger charge is -2.30. The van der Waals surface area contributed by atoms with Gasteiger partial charge in [0.1, 0.15) is 0 Å². The molecule has 2 aliphatic rings. The Hall–Kier alpha value is -4.22. The lowest BCUT2D eigenvalue weighted by Crippen LogP contribution is -2.29. The van der Waals surface area contributed by atoms with Crippen LogP contribution in [0.15, 0.2) is 89.6 Å². The van der Waals surface area contributed by atoms with Crippen LogP contribution in [0.1, 0.15) is 86.8 Å². The van der Waals surface area contributed by atoms with Crippen molar-refractivity contribution >= 4 is 28.5 Å². The Morgan fingerprint density at radius 2 is 1.20 bits per heavy atom. The summed E-state index contributed by atoms with van der Waals surface area (Å²) < 4.78 is 0. The predicted molar refractivity (Wildman–Crippen MR) is 175 cm³/mol. The molecule has 3 aromatic carbocycles. The molecule has 212 valence electrons. The van der Waals surface area contributed by atoms with Crippen molar-refractivity contribution in [2.45, 2.75) is 66.2 Å². The summed E-state index contributed by atoms with van der Waals surface area (Å²) in [5, 5.41) is 7.73. The maximum atomic E-state index is 7.19. The smallest absolute Gasteiger partial charge is 0.0808 e. The molecular formula is C36H43N5. The van der Waals surface area contributed by atoms with E-state index in [-0.39, 0.29) is 0 Å². The van der Waals surface area contributed by atoms with Gasteiger partial charge < -0.3 is 21.8 Å². The fourth-order valence-corrected chi connectivity index (χ4v) is 6.19. The van der Waals surface area contributed by atoms with Crippen molar-refractivity contribution in [2.75, 3.05) is 5.32 Å². The summed E-state index contributed by atoms with van der Waals surface area (Å²) in [7, 11) is 0. The third-order valence-corrected chi connectivity index (χ3v) is 8.43. The Balaban J connectivity index is 1.78. The number of allylic oxidation sites excluding steroid dienone is 3. The summed E-state index contributed by atoms with van der Waals surface area (Å²) in [6.45, 7) is 8.85. The van der Waals surface area contributed by atoms with Crippen molar-refractivity contribution in [1.82, 2.24) is 10.7 Å². The number of benzene rings is 3. The highest BCUT2D eigenvalue weighted by Gasteiger charge is 2.27. The van der Waals surface area contributed by atoms with Gasteiger partial charge in [-0.3, -0.25) is 5.84 Å². The Morgan fingerprint density at radius 1 is 0.610 bits per heavy atom. The number of anilines is 1. The van der Waals surface area contributed by atoms with Crippen molar-refractivity contribution < 1.29 is 0 Å². The van der Waals surface area contributed by atoms with E-state index in [1.807, 2.05) is 0 Å². The molecule has 0 radical (unpaired) electrons. The molecule has 0 fully saturated rings. The van der Waals surface area contributed by atoms with Crippen LogP contribution in [0.3, 0.4) is 0 Å². The van der Waals surface area contributed by atoms with E-state index in [2.05, 4.69) is 117 Å². The molecule has 0 aromatic heterocycles. The molecule has 0 atom stereocenters. The van der Waals surface area contributed by atoms with Crippen molar-refractivity contribution in [1.29, 1.82) is 0 Å². The van der Waals surface area contributed by atoms with Gasteiger partial charge in [-0.15, -0.1) is 0 Å². The molecule has 3 aromatic rings. The molecule has 0 saturated heterocycles. The molecule has 0 saturated carbocycles. The molecule has 5 heteroatoms. The lowest BCUT2D eigenvalue weighted by atomic mass is 9.88. The molecule has 2 aliphatic carbocycles. The quantitative estimate of drug-likeness (QED) is 0.140. The maximum Gasteiger partial charge on any atom is 0.0808 e. The number of fused-ring (bicyclic) bond motifs is 2. The zero-order valence-electron chi connectivity index (χ0n) is 24.8. The van der Waals surface area contributed by atoms with Gasteiger partial charge in [-0.2, -0.15) is 0 Å². The van der Waals surface area contributed by atoms with Crippen molar-refractivity contribution in [2.24, 2.45) is 11.6 Å². The van der Waals surface area contributed by atoms with E-state index in [4.69, 9.17) is 11.6 Å². The van der Waals surface area contributed by atoms with E-state index in [0.29, 0.717) is 5.70 Å². The Bertz CT molecular complexity index is 1550. The molecule has 0 spiro atoms. The highest BCUT2D eigenvalue weighted by Crippen LogP contribution is 2.40. The molecule has 0 unspecified atom stereocenters. The average Bonchev–Trinajstić information content (AvgIpc) is 3.02. The predicted octanol–water partition coefficient (Wildman–Crippen LogP) is 7.69. The first-order valence-corrected chi connectivity index (χ1v) is 15.0. The number of aryl methyl sites for hydroxylation is 2. The largest absolute Gasteiger partial charge is 0.397 e. The van der Waals surface area contributed by atoms with Crippen LogP contribution in [-0.2, 0) is 12.8 Å². The summed E-state index contributed by atoms with van der Waals surface area (Å²) in [6.07, 6.45) is 8.33. The fraction of sp³-hybridized carbons (Fsp3) is 0.278. The van der Waals surface area contributed by atoms with Gasteiger partial charge in [0, 0.05) is 33.6 Å². The van der Waals surface area contributed by atoms with Crippen LogP contribution in [0.4, 0.5) is 5.69 Å². The topological polar surface area (TPSA) is 88.1 Å². The number of hydrogen-bond acceptors (Lipinski definition) is 5. The van der Waals surface area contributed by atoms with Crippen LogP contribution >= 0.6 is 0 Å². The Labute approximate surface area is 245 Å². The first kappa shape index (κ1) is 28.3. The van der Waals surface area contributed by atoms with Crippen LogP contribution in [0.5, 0.6) is 0 Å². The molecule has 5 nitrogen and oxygen atoms in total. The third-order valence-electron chi connectivity index (χ3n) is 8.43. The molecule has 5 rings (SSSR count). The number of hydrogen-bond donors (Lipinski definition) is 5. The number of hydrazine groups is 1. The van der Waals surface area contributed by atoms with Gasteiger partial charge in [0.25, 0.3) is 0 Å². The van der Waals surface area contributed by atoms with Gasteiger partial charge in [-0.1, -0.05) is 101 Å². The maximum absolute atomic E-state index is 7.19. The number of rotatable bonds is 9. The van der Waals surface area contributed by atoms with Gasteiger partial charge >= 0.3 is 0 Å². The Morgan fingerprint density at radius 3 is 1.76 bits per heavy atom. The van der Waals surface area contributed by atoms with Crippen molar-refractivity contribution in [3.8, 4) is 0 Å². The molecule has 7 N–H and O–H groups in total. The summed E-state index contributed by atoms with van der Waals surface area (Å²) in [5.74, 6) is 6.40. The van der Waals surface area contributed by atoms with E-state index in [0.717, 1.165) is 83.6 Å². The number of nitrogens with one attached hydrogen (secondary N) is 3. The highest BCUT2D eigenvalue weighted by atomic mass is 15.2. The third kappa shape index (κ3) is 5.30. The number of nitrogens with two attached hydrogens (primary N) is 2. The standard InChI is InChI=1S/C36H43N5/c1-5-23-15-13-16-24(6-2)32(23)39-34-29-21-11-12-22-30(29)36(41-38)35(28-20-10-9-19-27(28)31(34)37)40-33-25(7-3)17-14-18-26(33)8-4/h9-13,15-17,19-22,39-41H,5-8,14,18,37-38H2,1-4H3/b31-27?,34-29?,34-31-,35-28?,36-30?,36-35-.